The number of hydrogen-bond acceptors (Lipinski definition) is 2. The molecule has 0 bridgehead atoms. The van der Waals surface area contributed by atoms with E-state index in [0.29, 0.717) is 12.1 Å². The predicted molar refractivity (Wildman–Crippen MR) is 85.3 cm³/mol. The van der Waals surface area contributed by atoms with Gasteiger partial charge in [0.05, 0.1) is 12.7 Å². The number of halogens is 3. The summed E-state index contributed by atoms with van der Waals surface area (Å²) in [6.07, 6.45) is -1.85. The lowest BCUT2D eigenvalue weighted by Crippen LogP contribution is -2.20. The van der Waals surface area contributed by atoms with Gasteiger partial charge in [-0.05, 0) is 41.5 Å². The predicted octanol–water partition coefficient (Wildman–Crippen LogP) is 4.04. The first-order chi connectivity index (χ1) is 11.4. The Labute approximate surface area is 137 Å². The zero-order valence-electron chi connectivity index (χ0n) is 12.9. The van der Waals surface area contributed by atoms with Crippen LogP contribution in [0.2, 0.25) is 0 Å². The molecule has 0 aliphatic carbocycles. The average molecular weight is 335 g/mol. The van der Waals surface area contributed by atoms with Gasteiger partial charge in [-0.25, -0.2) is 0 Å². The molecule has 2 aromatic rings. The molecule has 0 saturated carbocycles. The summed E-state index contributed by atoms with van der Waals surface area (Å²) in [5, 5.41) is 2.66. The van der Waals surface area contributed by atoms with E-state index in [2.05, 4.69) is 5.32 Å². The van der Waals surface area contributed by atoms with Crippen molar-refractivity contribution in [1.82, 2.24) is 5.32 Å². The van der Waals surface area contributed by atoms with Gasteiger partial charge in [-0.15, -0.1) is 0 Å². The molecule has 0 fully saturated rings. The van der Waals surface area contributed by atoms with Crippen LogP contribution >= 0.6 is 0 Å². The van der Waals surface area contributed by atoms with Crippen molar-refractivity contribution in [3.63, 3.8) is 0 Å². The molecule has 24 heavy (non-hydrogen) atoms. The minimum atomic E-state index is -4.40. The summed E-state index contributed by atoms with van der Waals surface area (Å²) in [5.41, 5.74) is 0.448. The van der Waals surface area contributed by atoms with Crippen LogP contribution in [-0.2, 0) is 17.5 Å². The van der Waals surface area contributed by atoms with E-state index >= 15 is 0 Å². The third-order valence-electron chi connectivity index (χ3n) is 3.27. The smallest absolute Gasteiger partial charge is 0.416 e. The normalized spacial score (nSPS) is 11.5. The van der Waals surface area contributed by atoms with Crippen LogP contribution in [0.25, 0.3) is 6.08 Å². The van der Waals surface area contributed by atoms with E-state index in [1.807, 2.05) is 12.1 Å². The molecular formula is C18H16F3NO2. The number of carbonyl (C=O) groups is 1. The fourth-order valence-electron chi connectivity index (χ4n) is 1.98. The maximum absolute atomic E-state index is 12.6. The first-order valence-corrected chi connectivity index (χ1v) is 7.14. The highest BCUT2D eigenvalue weighted by Gasteiger charge is 2.30. The third kappa shape index (κ3) is 5.15. The number of hydrogen-bond donors (Lipinski definition) is 1. The van der Waals surface area contributed by atoms with Crippen LogP contribution in [0.3, 0.4) is 0 Å². The highest BCUT2D eigenvalue weighted by atomic mass is 19.4. The average Bonchev–Trinajstić information content (AvgIpc) is 2.58. The number of ether oxygens (including phenoxy) is 1. The molecule has 3 nitrogen and oxygen atoms in total. The minimum Gasteiger partial charge on any atom is -0.497 e. The summed E-state index contributed by atoms with van der Waals surface area (Å²) in [6.45, 7) is 0.315. The number of carbonyl (C=O) groups excluding carboxylic acids is 1. The summed E-state index contributed by atoms with van der Waals surface area (Å²) in [7, 11) is 1.56. The van der Waals surface area contributed by atoms with Gasteiger partial charge in [-0.3, -0.25) is 4.79 Å². The van der Waals surface area contributed by atoms with Crippen LogP contribution in [0.15, 0.2) is 54.6 Å². The molecule has 0 aromatic heterocycles. The second kappa shape index (κ2) is 7.68. The summed E-state index contributed by atoms with van der Waals surface area (Å²) in [6, 6.07) is 12.0. The standard InChI is InChI=1S/C18H16F3NO2/c1-24-16-8-5-14(6-9-16)12-22-17(23)10-7-13-3-2-4-15(11-13)18(19,20)21/h2-11H,12H2,1H3,(H,22,23)/b10-7+. The fourth-order valence-corrected chi connectivity index (χ4v) is 1.98. The molecule has 1 N–H and O–H groups in total. The van der Waals surface area contributed by atoms with E-state index < -0.39 is 11.7 Å². The van der Waals surface area contributed by atoms with Crippen LogP contribution in [0, 0.1) is 0 Å². The number of rotatable bonds is 5. The molecule has 0 unspecified atom stereocenters. The first-order valence-electron chi connectivity index (χ1n) is 7.14. The van der Waals surface area contributed by atoms with E-state index in [4.69, 9.17) is 4.74 Å². The maximum Gasteiger partial charge on any atom is 0.416 e. The van der Waals surface area contributed by atoms with Gasteiger partial charge >= 0.3 is 6.18 Å². The van der Waals surface area contributed by atoms with Crippen LogP contribution in [0.1, 0.15) is 16.7 Å². The van der Waals surface area contributed by atoms with Crippen molar-refractivity contribution in [2.45, 2.75) is 12.7 Å². The van der Waals surface area contributed by atoms with Gasteiger partial charge in [0.1, 0.15) is 5.75 Å². The molecule has 6 heteroatoms. The lowest BCUT2D eigenvalue weighted by atomic mass is 10.1. The Morgan fingerprint density at radius 1 is 1.17 bits per heavy atom. The van der Waals surface area contributed by atoms with Crippen molar-refractivity contribution in [2.24, 2.45) is 0 Å². The summed E-state index contributed by atoms with van der Waals surface area (Å²) in [4.78, 5) is 11.7. The van der Waals surface area contributed by atoms with E-state index in [9.17, 15) is 18.0 Å². The Hall–Kier alpha value is -2.76. The lowest BCUT2D eigenvalue weighted by molar-refractivity contribution is -0.137. The molecule has 2 rings (SSSR count). The van der Waals surface area contributed by atoms with E-state index in [0.717, 1.165) is 23.4 Å². The summed E-state index contributed by atoms with van der Waals surface area (Å²) in [5.74, 6) is 0.331. The molecule has 0 radical (unpaired) electrons. The first kappa shape index (κ1) is 17.6. The Kier molecular flexibility index (Phi) is 5.63. The van der Waals surface area contributed by atoms with Crippen molar-refractivity contribution in [3.8, 4) is 5.75 Å². The number of methoxy groups -OCH3 is 1. The van der Waals surface area contributed by atoms with Crippen LogP contribution < -0.4 is 10.1 Å². The number of benzene rings is 2. The zero-order chi connectivity index (χ0) is 17.6. The molecule has 0 aliphatic heterocycles. The fraction of sp³-hybridized carbons (Fsp3) is 0.167. The molecule has 1 amide bonds. The van der Waals surface area contributed by atoms with Gasteiger partial charge in [0.2, 0.25) is 5.91 Å². The second-order valence-corrected chi connectivity index (χ2v) is 5.02. The highest BCUT2D eigenvalue weighted by molar-refractivity contribution is 5.91. The van der Waals surface area contributed by atoms with Gasteiger partial charge in [0, 0.05) is 12.6 Å². The lowest BCUT2D eigenvalue weighted by Gasteiger charge is -2.06. The van der Waals surface area contributed by atoms with Gasteiger partial charge in [-0.1, -0.05) is 24.3 Å². The molecule has 126 valence electrons. The molecule has 0 aliphatic rings. The van der Waals surface area contributed by atoms with E-state index in [1.165, 1.54) is 24.3 Å². The van der Waals surface area contributed by atoms with Gasteiger partial charge in [0.15, 0.2) is 0 Å². The summed E-state index contributed by atoms with van der Waals surface area (Å²) < 4.78 is 42.9. The maximum atomic E-state index is 12.6. The van der Waals surface area contributed by atoms with Crippen molar-refractivity contribution < 1.29 is 22.7 Å². The quantitative estimate of drug-likeness (QED) is 0.838. The van der Waals surface area contributed by atoms with Crippen molar-refractivity contribution in [2.75, 3.05) is 7.11 Å². The van der Waals surface area contributed by atoms with Crippen molar-refractivity contribution >= 4 is 12.0 Å². The van der Waals surface area contributed by atoms with Gasteiger partial charge in [0.25, 0.3) is 0 Å². The molecular weight excluding hydrogens is 319 g/mol. The number of amides is 1. The van der Waals surface area contributed by atoms with E-state index in [1.54, 1.807) is 19.2 Å². The third-order valence-corrected chi connectivity index (χ3v) is 3.27. The van der Waals surface area contributed by atoms with E-state index in [-0.39, 0.29) is 5.91 Å². The number of nitrogens with one attached hydrogen (secondary N) is 1. The Morgan fingerprint density at radius 3 is 2.50 bits per heavy atom. The zero-order valence-corrected chi connectivity index (χ0v) is 12.9. The van der Waals surface area contributed by atoms with Crippen LogP contribution in [-0.4, -0.2) is 13.0 Å². The van der Waals surface area contributed by atoms with Gasteiger partial charge < -0.3 is 10.1 Å². The molecule has 0 heterocycles. The molecule has 2 aromatic carbocycles. The molecule has 0 saturated heterocycles. The SMILES string of the molecule is COc1ccc(CNC(=O)/C=C/c2cccc(C(F)(F)F)c2)cc1. The number of alkyl halides is 3. The Bertz CT molecular complexity index is 722. The van der Waals surface area contributed by atoms with Crippen molar-refractivity contribution in [1.29, 1.82) is 0 Å². The molecule has 0 atom stereocenters. The largest absolute Gasteiger partial charge is 0.497 e. The van der Waals surface area contributed by atoms with Crippen LogP contribution in [0.4, 0.5) is 13.2 Å². The van der Waals surface area contributed by atoms with Crippen LogP contribution in [0.5, 0.6) is 5.75 Å². The Morgan fingerprint density at radius 2 is 1.88 bits per heavy atom. The van der Waals surface area contributed by atoms with Gasteiger partial charge in [-0.2, -0.15) is 13.2 Å². The monoisotopic (exact) mass is 335 g/mol. The Balaban J connectivity index is 1.93. The second-order valence-electron chi connectivity index (χ2n) is 5.02. The summed E-state index contributed by atoms with van der Waals surface area (Å²) >= 11 is 0. The molecule has 0 spiro atoms. The minimum absolute atomic E-state index is 0.310. The highest BCUT2D eigenvalue weighted by Crippen LogP contribution is 2.29. The topological polar surface area (TPSA) is 38.3 Å². The van der Waals surface area contributed by atoms with Crippen molar-refractivity contribution in [3.05, 3.63) is 71.3 Å².